The van der Waals surface area contributed by atoms with Crippen molar-refractivity contribution in [1.82, 2.24) is 19.9 Å². The molecule has 0 aliphatic carbocycles. The van der Waals surface area contributed by atoms with Crippen LogP contribution in [0.1, 0.15) is 31.4 Å². The summed E-state index contributed by atoms with van der Waals surface area (Å²) in [4.78, 5) is 28.5. The number of anilines is 1. The second-order valence-electron chi connectivity index (χ2n) is 6.32. The quantitative estimate of drug-likeness (QED) is 0.919. The van der Waals surface area contributed by atoms with Crippen LogP contribution in [-0.2, 0) is 4.79 Å². The van der Waals surface area contributed by atoms with E-state index < -0.39 is 0 Å². The van der Waals surface area contributed by atoms with Crippen molar-refractivity contribution in [3.8, 4) is 0 Å². The van der Waals surface area contributed by atoms with Crippen molar-refractivity contribution in [1.29, 1.82) is 0 Å². The minimum atomic E-state index is 0.336. The van der Waals surface area contributed by atoms with Gasteiger partial charge in [0, 0.05) is 37.8 Å². The molecular weight excluding hydrogens is 278 g/mol. The Bertz CT molecular complexity index is 702. The number of aromatic amines is 1. The number of carbonyl (C=O) groups is 1. The molecule has 0 spiro atoms. The summed E-state index contributed by atoms with van der Waals surface area (Å²) in [5, 5.41) is 0. The normalized spacial score (nSPS) is 20.3. The predicted octanol–water partition coefficient (Wildman–Crippen LogP) is 1.86. The Labute approximate surface area is 129 Å². The van der Waals surface area contributed by atoms with Gasteiger partial charge in [-0.3, -0.25) is 4.79 Å². The number of aryl methyl sites for hydroxylation is 1. The number of fused-ring (bicyclic) bond motifs is 1. The van der Waals surface area contributed by atoms with Gasteiger partial charge in [0.1, 0.15) is 11.8 Å². The number of hydrogen-bond acceptors (Lipinski definition) is 4. The number of carbonyl (C=O) groups excluding carboxylic acids is 1. The number of hydrogen-bond donors (Lipinski definition) is 1. The van der Waals surface area contributed by atoms with E-state index in [0.717, 1.165) is 67.9 Å². The van der Waals surface area contributed by atoms with E-state index >= 15 is 0 Å². The molecular formula is C16H21N5O. The molecule has 2 aromatic heterocycles. The number of rotatable bonds is 2. The molecule has 116 valence electrons. The Morgan fingerprint density at radius 2 is 2.05 bits per heavy atom. The predicted molar refractivity (Wildman–Crippen MR) is 84.8 cm³/mol. The SMILES string of the molecule is Cc1cc2ncnc(N3CCC(N4CCCC4=O)CC3)c2[nH]1. The first-order valence-electron chi connectivity index (χ1n) is 8.07. The summed E-state index contributed by atoms with van der Waals surface area (Å²) in [6.07, 6.45) is 5.44. The van der Waals surface area contributed by atoms with Gasteiger partial charge >= 0.3 is 0 Å². The maximum absolute atomic E-state index is 11.9. The zero-order valence-electron chi connectivity index (χ0n) is 12.9. The molecule has 0 radical (unpaired) electrons. The zero-order valence-corrected chi connectivity index (χ0v) is 12.9. The fraction of sp³-hybridized carbons (Fsp3) is 0.562. The van der Waals surface area contributed by atoms with E-state index in [-0.39, 0.29) is 0 Å². The molecule has 2 aromatic rings. The maximum Gasteiger partial charge on any atom is 0.222 e. The third-order valence-electron chi connectivity index (χ3n) is 4.85. The molecule has 0 bridgehead atoms. The Morgan fingerprint density at radius 1 is 1.23 bits per heavy atom. The fourth-order valence-corrected chi connectivity index (χ4v) is 3.74. The third-order valence-corrected chi connectivity index (χ3v) is 4.85. The largest absolute Gasteiger partial charge is 0.355 e. The first kappa shape index (κ1) is 13.5. The summed E-state index contributed by atoms with van der Waals surface area (Å²) in [6, 6.07) is 2.46. The molecule has 1 amide bonds. The standard InChI is InChI=1S/C16H21N5O/c1-11-9-13-15(19-11)16(18-10-17-13)20-7-4-12(5-8-20)21-6-2-3-14(21)22/h9-10,12,19H,2-8H2,1H3. The van der Waals surface area contributed by atoms with E-state index in [1.54, 1.807) is 6.33 Å². The molecule has 2 saturated heterocycles. The molecule has 0 atom stereocenters. The number of nitrogens with zero attached hydrogens (tertiary/aromatic N) is 4. The van der Waals surface area contributed by atoms with Gasteiger partial charge in [-0.15, -0.1) is 0 Å². The monoisotopic (exact) mass is 299 g/mol. The van der Waals surface area contributed by atoms with Crippen LogP contribution >= 0.6 is 0 Å². The molecule has 6 nitrogen and oxygen atoms in total. The molecule has 6 heteroatoms. The molecule has 4 heterocycles. The second kappa shape index (κ2) is 5.26. The van der Waals surface area contributed by atoms with Crippen LogP contribution in [0.25, 0.3) is 11.0 Å². The minimum absolute atomic E-state index is 0.336. The van der Waals surface area contributed by atoms with Gasteiger partial charge in [0.25, 0.3) is 0 Å². The first-order valence-corrected chi connectivity index (χ1v) is 8.07. The van der Waals surface area contributed by atoms with E-state index in [9.17, 15) is 4.79 Å². The van der Waals surface area contributed by atoms with Gasteiger partial charge in [-0.25, -0.2) is 9.97 Å². The number of H-pyrrole nitrogens is 1. The summed E-state index contributed by atoms with van der Waals surface area (Å²) < 4.78 is 0. The van der Waals surface area contributed by atoms with Crippen LogP contribution < -0.4 is 4.90 Å². The Hall–Kier alpha value is -2.11. The summed E-state index contributed by atoms with van der Waals surface area (Å²) >= 11 is 0. The van der Waals surface area contributed by atoms with E-state index in [4.69, 9.17) is 0 Å². The van der Waals surface area contributed by atoms with Crippen LogP contribution in [-0.4, -0.2) is 51.4 Å². The van der Waals surface area contributed by atoms with Crippen molar-refractivity contribution in [3.05, 3.63) is 18.1 Å². The van der Waals surface area contributed by atoms with E-state index in [1.807, 2.05) is 6.92 Å². The average molecular weight is 299 g/mol. The van der Waals surface area contributed by atoms with Gasteiger partial charge in [-0.1, -0.05) is 0 Å². The number of piperidine rings is 1. The number of nitrogens with one attached hydrogen (secondary N) is 1. The van der Waals surface area contributed by atoms with Crippen LogP contribution in [0.3, 0.4) is 0 Å². The van der Waals surface area contributed by atoms with Gasteiger partial charge in [0.15, 0.2) is 5.82 Å². The smallest absolute Gasteiger partial charge is 0.222 e. The topological polar surface area (TPSA) is 65.1 Å². The molecule has 2 aliphatic rings. The van der Waals surface area contributed by atoms with Crippen LogP contribution in [0.4, 0.5) is 5.82 Å². The van der Waals surface area contributed by atoms with Crippen LogP contribution in [0.2, 0.25) is 0 Å². The Balaban J connectivity index is 1.52. The minimum Gasteiger partial charge on any atom is -0.355 e. The highest BCUT2D eigenvalue weighted by Crippen LogP contribution is 2.28. The summed E-state index contributed by atoms with van der Waals surface area (Å²) in [5.74, 6) is 1.33. The molecule has 2 aliphatic heterocycles. The third kappa shape index (κ3) is 2.23. The van der Waals surface area contributed by atoms with Crippen molar-refractivity contribution < 1.29 is 4.79 Å². The van der Waals surface area contributed by atoms with Gasteiger partial charge in [-0.2, -0.15) is 0 Å². The lowest BCUT2D eigenvalue weighted by molar-refractivity contribution is -0.130. The van der Waals surface area contributed by atoms with Crippen molar-refractivity contribution in [3.63, 3.8) is 0 Å². The average Bonchev–Trinajstić information content (AvgIpc) is 3.11. The van der Waals surface area contributed by atoms with Crippen LogP contribution in [0.5, 0.6) is 0 Å². The highest BCUT2D eigenvalue weighted by Gasteiger charge is 2.31. The highest BCUT2D eigenvalue weighted by molar-refractivity contribution is 5.86. The number of likely N-dealkylation sites (tertiary alicyclic amines) is 1. The van der Waals surface area contributed by atoms with E-state index in [2.05, 4.69) is 30.8 Å². The maximum atomic E-state index is 11.9. The van der Waals surface area contributed by atoms with Gasteiger partial charge in [0.2, 0.25) is 5.91 Å². The molecule has 1 N–H and O–H groups in total. The van der Waals surface area contributed by atoms with Gasteiger partial charge in [0.05, 0.1) is 5.52 Å². The summed E-state index contributed by atoms with van der Waals surface area (Å²) in [6.45, 7) is 4.87. The fourth-order valence-electron chi connectivity index (χ4n) is 3.74. The van der Waals surface area contributed by atoms with Gasteiger partial charge in [-0.05, 0) is 32.3 Å². The summed E-state index contributed by atoms with van der Waals surface area (Å²) in [7, 11) is 0. The number of aromatic nitrogens is 3. The molecule has 0 saturated carbocycles. The zero-order chi connectivity index (χ0) is 15.1. The van der Waals surface area contributed by atoms with Crippen molar-refractivity contribution in [2.75, 3.05) is 24.5 Å². The second-order valence-corrected chi connectivity index (χ2v) is 6.32. The van der Waals surface area contributed by atoms with E-state index in [1.165, 1.54) is 0 Å². The molecule has 0 aromatic carbocycles. The Morgan fingerprint density at radius 3 is 2.77 bits per heavy atom. The summed E-state index contributed by atoms with van der Waals surface area (Å²) in [5.41, 5.74) is 3.10. The van der Waals surface area contributed by atoms with Crippen molar-refractivity contribution >= 4 is 22.8 Å². The molecule has 4 rings (SSSR count). The van der Waals surface area contributed by atoms with Crippen LogP contribution in [0.15, 0.2) is 12.4 Å². The van der Waals surface area contributed by atoms with Crippen molar-refractivity contribution in [2.45, 2.75) is 38.6 Å². The lowest BCUT2D eigenvalue weighted by Crippen LogP contribution is -2.45. The van der Waals surface area contributed by atoms with Crippen LogP contribution in [0, 0.1) is 6.92 Å². The molecule has 0 unspecified atom stereocenters. The van der Waals surface area contributed by atoms with Gasteiger partial charge < -0.3 is 14.8 Å². The lowest BCUT2D eigenvalue weighted by Gasteiger charge is -2.37. The molecule has 2 fully saturated rings. The molecule has 22 heavy (non-hydrogen) atoms. The highest BCUT2D eigenvalue weighted by atomic mass is 16.2. The number of amides is 1. The Kier molecular flexibility index (Phi) is 3.24. The van der Waals surface area contributed by atoms with Crippen molar-refractivity contribution in [2.24, 2.45) is 0 Å². The first-order chi connectivity index (χ1) is 10.7. The van der Waals surface area contributed by atoms with E-state index in [0.29, 0.717) is 11.9 Å². The lowest BCUT2D eigenvalue weighted by atomic mass is 10.0.